The number of hydrogen-bond acceptors (Lipinski definition) is 2. The highest BCUT2D eigenvalue weighted by Gasteiger charge is 2.30. The molecule has 18 heavy (non-hydrogen) atoms. The number of hydrogen-bond donors (Lipinski definition) is 0. The van der Waals surface area contributed by atoms with E-state index in [1.807, 2.05) is 0 Å². The van der Waals surface area contributed by atoms with Crippen molar-refractivity contribution >= 4 is 27.7 Å². The van der Waals surface area contributed by atoms with Crippen LogP contribution in [0.3, 0.4) is 0 Å². The molecule has 0 saturated carbocycles. The van der Waals surface area contributed by atoms with Gasteiger partial charge in [0.05, 0.1) is 0 Å². The minimum absolute atomic E-state index is 0.123. The number of amides is 2. The van der Waals surface area contributed by atoms with Crippen LogP contribution >= 0.6 is 15.9 Å². The van der Waals surface area contributed by atoms with Crippen molar-refractivity contribution in [2.75, 3.05) is 20.1 Å². The topological polar surface area (TPSA) is 40.6 Å². The second kappa shape index (κ2) is 5.06. The largest absolute Gasteiger partial charge is 0.336 e. The Balaban J connectivity index is 2.14. The van der Waals surface area contributed by atoms with E-state index >= 15 is 0 Å². The van der Waals surface area contributed by atoms with Gasteiger partial charge in [-0.25, -0.2) is 4.39 Å². The molecule has 0 bridgehead atoms. The number of piperazine rings is 1. The van der Waals surface area contributed by atoms with Gasteiger partial charge in [0.2, 0.25) is 0 Å². The molecular weight excluding hydrogens is 303 g/mol. The van der Waals surface area contributed by atoms with Gasteiger partial charge in [0.15, 0.2) is 0 Å². The van der Waals surface area contributed by atoms with E-state index in [1.165, 1.54) is 15.9 Å². The molecule has 1 aromatic rings. The molecule has 0 radical (unpaired) electrons. The maximum Gasteiger partial charge on any atom is 0.312 e. The first-order valence-corrected chi connectivity index (χ1v) is 6.26. The van der Waals surface area contributed by atoms with Crippen LogP contribution in [-0.2, 0) is 16.1 Å². The molecule has 1 aliphatic heterocycles. The Kier molecular flexibility index (Phi) is 3.65. The molecule has 0 unspecified atom stereocenters. The fourth-order valence-electron chi connectivity index (χ4n) is 1.78. The minimum atomic E-state index is -0.578. The van der Waals surface area contributed by atoms with E-state index in [1.54, 1.807) is 19.2 Å². The molecule has 0 atom stereocenters. The van der Waals surface area contributed by atoms with E-state index in [0.29, 0.717) is 23.1 Å². The third-order valence-electron chi connectivity index (χ3n) is 2.90. The van der Waals surface area contributed by atoms with Crippen molar-refractivity contribution in [2.24, 2.45) is 0 Å². The molecule has 96 valence electrons. The SMILES string of the molecule is CN1CCN(Cc2ccc(Br)cc2F)C(=O)C1=O. The van der Waals surface area contributed by atoms with Gasteiger partial charge in [0.1, 0.15) is 5.82 Å². The van der Waals surface area contributed by atoms with Crippen LogP contribution in [0.4, 0.5) is 4.39 Å². The lowest BCUT2D eigenvalue weighted by Crippen LogP contribution is -2.52. The van der Waals surface area contributed by atoms with E-state index in [4.69, 9.17) is 0 Å². The molecule has 1 saturated heterocycles. The Morgan fingerprint density at radius 2 is 2.00 bits per heavy atom. The zero-order valence-electron chi connectivity index (χ0n) is 9.82. The first-order chi connectivity index (χ1) is 8.49. The number of carbonyl (C=O) groups excluding carboxylic acids is 2. The van der Waals surface area contributed by atoms with Gasteiger partial charge in [-0.3, -0.25) is 9.59 Å². The molecule has 2 rings (SSSR count). The summed E-state index contributed by atoms with van der Waals surface area (Å²) < 4.78 is 14.3. The maximum absolute atomic E-state index is 13.6. The number of nitrogens with zero attached hydrogens (tertiary/aromatic N) is 2. The van der Waals surface area contributed by atoms with Crippen LogP contribution in [0.25, 0.3) is 0 Å². The number of benzene rings is 1. The first kappa shape index (κ1) is 13.0. The fraction of sp³-hybridized carbons (Fsp3) is 0.333. The second-order valence-corrected chi connectivity index (χ2v) is 5.10. The lowest BCUT2D eigenvalue weighted by atomic mass is 10.2. The van der Waals surface area contributed by atoms with Gasteiger partial charge in [-0.05, 0) is 12.1 Å². The van der Waals surface area contributed by atoms with E-state index < -0.39 is 11.8 Å². The molecule has 6 heteroatoms. The standard InChI is InChI=1S/C12H12BrFN2O2/c1-15-4-5-16(12(18)11(15)17)7-8-2-3-9(13)6-10(8)14/h2-3,6H,4-5,7H2,1H3. The molecule has 1 aliphatic rings. The Morgan fingerprint density at radius 1 is 1.28 bits per heavy atom. The summed E-state index contributed by atoms with van der Waals surface area (Å²) in [7, 11) is 1.58. The van der Waals surface area contributed by atoms with Crippen molar-refractivity contribution in [2.45, 2.75) is 6.54 Å². The fourth-order valence-corrected chi connectivity index (χ4v) is 2.11. The van der Waals surface area contributed by atoms with Crippen LogP contribution in [0.1, 0.15) is 5.56 Å². The van der Waals surface area contributed by atoms with E-state index in [-0.39, 0.29) is 12.4 Å². The Bertz CT molecular complexity index is 507. The van der Waals surface area contributed by atoms with Crippen LogP contribution in [0, 0.1) is 5.82 Å². The average Bonchev–Trinajstić information content (AvgIpc) is 2.33. The third kappa shape index (κ3) is 2.53. The Morgan fingerprint density at radius 3 is 2.67 bits per heavy atom. The van der Waals surface area contributed by atoms with Gasteiger partial charge in [-0.2, -0.15) is 0 Å². The Hall–Kier alpha value is -1.43. The summed E-state index contributed by atoms with van der Waals surface area (Å²) in [5.41, 5.74) is 0.406. The van der Waals surface area contributed by atoms with Gasteiger partial charge in [-0.1, -0.05) is 22.0 Å². The number of halogens is 2. The molecule has 2 amide bonds. The summed E-state index contributed by atoms with van der Waals surface area (Å²) in [6.45, 7) is 1.02. The molecule has 0 N–H and O–H groups in total. The lowest BCUT2D eigenvalue weighted by Gasteiger charge is -2.31. The quantitative estimate of drug-likeness (QED) is 0.774. The van der Waals surface area contributed by atoms with Crippen molar-refractivity contribution < 1.29 is 14.0 Å². The molecular formula is C12H12BrFN2O2. The molecule has 4 nitrogen and oxygen atoms in total. The molecule has 0 aromatic heterocycles. The van der Waals surface area contributed by atoms with Gasteiger partial charge >= 0.3 is 11.8 Å². The zero-order valence-corrected chi connectivity index (χ0v) is 11.4. The summed E-state index contributed by atoms with van der Waals surface area (Å²) in [6.07, 6.45) is 0. The Labute approximate surface area is 112 Å². The maximum atomic E-state index is 13.6. The summed E-state index contributed by atoms with van der Waals surface area (Å²) >= 11 is 3.17. The summed E-state index contributed by atoms with van der Waals surface area (Å²) in [5.74, 6) is -1.51. The van der Waals surface area contributed by atoms with Crippen LogP contribution in [0.2, 0.25) is 0 Å². The predicted molar refractivity (Wildman–Crippen MR) is 67.2 cm³/mol. The van der Waals surface area contributed by atoms with Crippen molar-refractivity contribution in [1.29, 1.82) is 0 Å². The molecule has 1 fully saturated rings. The van der Waals surface area contributed by atoms with E-state index in [2.05, 4.69) is 15.9 Å². The molecule has 1 aromatic carbocycles. The van der Waals surface area contributed by atoms with Gasteiger partial charge < -0.3 is 9.80 Å². The second-order valence-electron chi connectivity index (χ2n) is 4.19. The third-order valence-corrected chi connectivity index (χ3v) is 3.39. The summed E-state index contributed by atoms with van der Waals surface area (Å²) in [4.78, 5) is 26.0. The van der Waals surface area contributed by atoms with Crippen molar-refractivity contribution in [3.05, 3.63) is 34.1 Å². The van der Waals surface area contributed by atoms with Crippen molar-refractivity contribution in [1.82, 2.24) is 9.80 Å². The number of rotatable bonds is 2. The smallest absolute Gasteiger partial charge is 0.312 e. The van der Waals surface area contributed by atoms with Crippen molar-refractivity contribution in [3.63, 3.8) is 0 Å². The number of carbonyl (C=O) groups is 2. The summed E-state index contributed by atoms with van der Waals surface area (Å²) in [5, 5.41) is 0. The monoisotopic (exact) mass is 314 g/mol. The lowest BCUT2D eigenvalue weighted by molar-refractivity contribution is -0.155. The molecule has 0 spiro atoms. The zero-order chi connectivity index (χ0) is 13.3. The van der Waals surface area contributed by atoms with Crippen molar-refractivity contribution in [3.8, 4) is 0 Å². The van der Waals surface area contributed by atoms with Crippen LogP contribution in [0.15, 0.2) is 22.7 Å². The van der Waals surface area contributed by atoms with Gasteiger partial charge in [0.25, 0.3) is 0 Å². The first-order valence-electron chi connectivity index (χ1n) is 5.47. The van der Waals surface area contributed by atoms with Crippen LogP contribution in [-0.4, -0.2) is 41.8 Å². The summed E-state index contributed by atoms with van der Waals surface area (Å²) in [6, 6.07) is 4.66. The van der Waals surface area contributed by atoms with Gasteiger partial charge in [-0.15, -0.1) is 0 Å². The highest BCUT2D eigenvalue weighted by atomic mass is 79.9. The van der Waals surface area contributed by atoms with Gasteiger partial charge in [0, 0.05) is 36.7 Å². The predicted octanol–water partition coefficient (Wildman–Crippen LogP) is 1.39. The highest BCUT2D eigenvalue weighted by Crippen LogP contribution is 2.17. The molecule has 1 heterocycles. The molecule has 0 aliphatic carbocycles. The van der Waals surface area contributed by atoms with Crippen LogP contribution in [0.5, 0.6) is 0 Å². The normalized spacial score (nSPS) is 16.4. The average molecular weight is 315 g/mol. The van der Waals surface area contributed by atoms with Crippen LogP contribution < -0.4 is 0 Å². The van der Waals surface area contributed by atoms with E-state index in [9.17, 15) is 14.0 Å². The minimum Gasteiger partial charge on any atom is -0.336 e. The van der Waals surface area contributed by atoms with E-state index in [0.717, 1.165) is 0 Å². The highest BCUT2D eigenvalue weighted by molar-refractivity contribution is 9.10. The number of likely N-dealkylation sites (N-methyl/N-ethyl adjacent to an activating group) is 1.